The molecule has 0 radical (unpaired) electrons. The van der Waals surface area contributed by atoms with Crippen LogP contribution in [0.3, 0.4) is 0 Å². The van der Waals surface area contributed by atoms with Gasteiger partial charge in [0.2, 0.25) is 0 Å². The van der Waals surface area contributed by atoms with Crippen LogP contribution >= 0.6 is 0 Å². The Labute approximate surface area is 61.1 Å². The van der Waals surface area contributed by atoms with Crippen molar-refractivity contribution in [2.75, 3.05) is 0 Å². The molecule has 0 bridgehead atoms. The van der Waals surface area contributed by atoms with E-state index < -0.39 is 0 Å². The van der Waals surface area contributed by atoms with Gasteiger partial charge < -0.3 is 11.0 Å². The normalized spacial score (nSPS) is 0. The van der Waals surface area contributed by atoms with Crippen molar-refractivity contribution in [1.29, 1.82) is 0 Å². The number of hydrogen-bond acceptors (Lipinski definition) is 0. The summed E-state index contributed by atoms with van der Waals surface area (Å²) in [6.45, 7) is 0. The molecule has 4 N–H and O–H groups in total. The van der Waals surface area contributed by atoms with E-state index in [0.29, 0.717) is 0 Å². The van der Waals surface area contributed by atoms with E-state index in [2.05, 4.69) is 0 Å². The van der Waals surface area contributed by atoms with Crippen LogP contribution in [0.15, 0.2) is 0 Å². The maximum atomic E-state index is 0. The van der Waals surface area contributed by atoms with Gasteiger partial charge in [0.05, 0.1) is 0 Å². The van der Waals surface area contributed by atoms with Crippen molar-refractivity contribution < 1.29 is 61.6 Å². The molecule has 0 aromatic heterocycles. The van der Waals surface area contributed by atoms with Gasteiger partial charge in [-0.2, -0.15) is 0 Å². The molecule has 0 atom stereocenters. The Bertz CT molecular complexity index is 6.00. The minimum absolute atomic E-state index is 0. The summed E-state index contributed by atoms with van der Waals surface area (Å²) in [6.07, 6.45) is 0. The van der Waals surface area contributed by atoms with Gasteiger partial charge in [0, 0.05) is 0 Å². The maximum Gasteiger partial charge on any atom is 2.00 e. The fourth-order valence-electron chi connectivity index (χ4n) is 0. The Kier molecular flexibility index (Phi) is 267. The number of hydrogen-bond donors (Lipinski definition) is 0. The second-order valence-corrected chi connectivity index (χ2v) is 0. The molecule has 0 aliphatic heterocycles. The third-order valence-electron chi connectivity index (χ3n) is 0. The van der Waals surface area contributed by atoms with Crippen LogP contribution in [-0.4, -0.2) is 11.0 Å². The molecule has 0 saturated heterocycles. The summed E-state index contributed by atoms with van der Waals surface area (Å²) >= 11 is 0. The Balaban J connectivity index is 0. The van der Waals surface area contributed by atoms with Crippen molar-refractivity contribution in [3.63, 3.8) is 0 Å². The van der Waals surface area contributed by atoms with Crippen LogP contribution in [-0.2, 0) is 21.1 Å². The molecule has 4 heavy (non-hydrogen) atoms. The van der Waals surface area contributed by atoms with E-state index in [1.54, 1.807) is 0 Å². The SMILES string of the molecule is O.O.[Na+].[W+2]. The minimum Gasteiger partial charge on any atom is -0.412 e. The van der Waals surface area contributed by atoms with Crippen molar-refractivity contribution in [3.8, 4) is 0 Å². The van der Waals surface area contributed by atoms with Crippen LogP contribution < -0.4 is 29.6 Å². The smallest absolute Gasteiger partial charge is 0.412 e. The molecule has 0 fully saturated rings. The monoisotopic (exact) mass is 243 g/mol. The molecule has 2 nitrogen and oxygen atoms in total. The largest absolute Gasteiger partial charge is 2.00 e. The van der Waals surface area contributed by atoms with E-state index in [4.69, 9.17) is 0 Å². The van der Waals surface area contributed by atoms with Gasteiger partial charge in [-0.15, -0.1) is 0 Å². The molecule has 0 rings (SSSR count). The van der Waals surface area contributed by atoms with E-state index in [-0.39, 0.29) is 61.6 Å². The van der Waals surface area contributed by atoms with Crippen LogP contribution in [0, 0.1) is 0 Å². The summed E-state index contributed by atoms with van der Waals surface area (Å²) < 4.78 is 0. The number of rotatable bonds is 0. The Hall–Kier alpha value is 1.61. The van der Waals surface area contributed by atoms with Gasteiger partial charge in [-0.3, -0.25) is 0 Å². The van der Waals surface area contributed by atoms with Gasteiger partial charge >= 0.3 is 50.6 Å². The van der Waals surface area contributed by atoms with E-state index in [1.165, 1.54) is 0 Å². The van der Waals surface area contributed by atoms with Gasteiger partial charge in [0.15, 0.2) is 0 Å². The summed E-state index contributed by atoms with van der Waals surface area (Å²) in [4.78, 5) is 0. The van der Waals surface area contributed by atoms with Crippen molar-refractivity contribution >= 4 is 0 Å². The first-order chi connectivity index (χ1) is 0. The second-order valence-electron chi connectivity index (χ2n) is 0. The van der Waals surface area contributed by atoms with Crippen LogP contribution in [0.1, 0.15) is 0 Å². The zero-order valence-corrected chi connectivity index (χ0v) is 7.34. The average Bonchev–Trinajstić information content (AvgIpc) is 0. The molecule has 0 aliphatic carbocycles. The van der Waals surface area contributed by atoms with Gasteiger partial charge in [-0.25, -0.2) is 0 Å². The van der Waals surface area contributed by atoms with E-state index >= 15 is 0 Å². The summed E-state index contributed by atoms with van der Waals surface area (Å²) in [6, 6.07) is 0. The molecule has 0 amide bonds. The third kappa shape index (κ3) is 9.49. The van der Waals surface area contributed by atoms with Gasteiger partial charge in [0.25, 0.3) is 0 Å². The van der Waals surface area contributed by atoms with Crippen LogP contribution in [0.4, 0.5) is 0 Å². The molecule has 4 heteroatoms. The fraction of sp³-hybridized carbons (Fsp3) is 0. The molecular weight excluding hydrogens is 239 g/mol. The summed E-state index contributed by atoms with van der Waals surface area (Å²) in [5, 5.41) is 0. The molecule has 0 aromatic carbocycles. The van der Waals surface area contributed by atoms with Crippen LogP contribution in [0.5, 0.6) is 0 Å². The van der Waals surface area contributed by atoms with Crippen LogP contribution in [0.25, 0.3) is 0 Å². The summed E-state index contributed by atoms with van der Waals surface area (Å²) in [7, 11) is 0. The molecule has 0 spiro atoms. The Morgan fingerprint density at radius 1 is 0.750 bits per heavy atom. The first kappa shape index (κ1) is 46.0. The van der Waals surface area contributed by atoms with Crippen molar-refractivity contribution in [3.05, 3.63) is 0 Å². The molecule has 0 aliphatic rings. The third-order valence-corrected chi connectivity index (χ3v) is 0. The second kappa shape index (κ2) is 23.2. The topological polar surface area (TPSA) is 63.0 Å². The quantitative estimate of drug-likeness (QED) is 0.384. The van der Waals surface area contributed by atoms with Crippen molar-refractivity contribution in [2.45, 2.75) is 0 Å². The summed E-state index contributed by atoms with van der Waals surface area (Å²) in [5.41, 5.74) is 0. The van der Waals surface area contributed by atoms with E-state index in [9.17, 15) is 0 Å². The van der Waals surface area contributed by atoms with Crippen LogP contribution in [0.2, 0.25) is 0 Å². The zero-order chi connectivity index (χ0) is 0. The van der Waals surface area contributed by atoms with E-state index in [0.717, 1.165) is 0 Å². The van der Waals surface area contributed by atoms with Crippen molar-refractivity contribution in [1.82, 2.24) is 0 Å². The predicted molar refractivity (Wildman–Crippen MR) is 7.23 cm³/mol. The fourth-order valence-corrected chi connectivity index (χ4v) is 0. The van der Waals surface area contributed by atoms with Gasteiger partial charge in [-0.1, -0.05) is 0 Å². The van der Waals surface area contributed by atoms with E-state index in [1.807, 2.05) is 0 Å². The predicted octanol–water partition coefficient (Wildman–Crippen LogP) is -4.65. The molecule has 0 saturated carbocycles. The first-order valence-electron chi connectivity index (χ1n) is 0. The molecule has 0 heterocycles. The van der Waals surface area contributed by atoms with Gasteiger partial charge in [0.1, 0.15) is 0 Å². The van der Waals surface area contributed by atoms with Gasteiger partial charge in [-0.05, 0) is 0 Å². The molecular formula is H4NaO2W+3. The summed E-state index contributed by atoms with van der Waals surface area (Å²) in [5.74, 6) is 0. The Morgan fingerprint density at radius 3 is 0.750 bits per heavy atom. The molecule has 0 unspecified atom stereocenters. The molecule has 20 valence electrons. The van der Waals surface area contributed by atoms with Crippen molar-refractivity contribution in [2.24, 2.45) is 0 Å². The Morgan fingerprint density at radius 2 is 0.750 bits per heavy atom. The average molecular weight is 243 g/mol. The zero-order valence-electron chi connectivity index (χ0n) is 2.41. The minimum atomic E-state index is 0. The molecule has 0 aromatic rings. The standard InChI is InChI=1S/Na.2H2O.W/h;2*1H2;/q+1;;;+2. The maximum absolute atomic E-state index is 0. The first-order valence-corrected chi connectivity index (χ1v) is 0.